The number of benzene rings is 1. The van der Waals surface area contributed by atoms with Crippen molar-refractivity contribution >= 4 is 5.91 Å². The van der Waals surface area contributed by atoms with Crippen molar-refractivity contribution in [2.45, 2.75) is 64.4 Å². The Balaban J connectivity index is 1.26. The average Bonchev–Trinajstić information content (AvgIpc) is 3.06. The second-order valence-electron chi connectivity index (χ2n) is 8.78. The highest BCUT2D eigenvalue weighted by Gasteiger charge is 2.31. The minimum absolute atomic E-state index is 0.150. The lowest BCUT2D eigenvalue weighted by molar-refractivity contribution is -0.274. The number of carbonyl (C=O) groups is 1. The maximum Gasteiger partial charge on any atom is 0.573 e. The zero-order chi connectivity index (χ0) is 23.3. The molecule has 2 aromatic rings. The van der Waals surface area contributed by atoms with E-state index in [1.165, 1.54) is 18.6 Å². The molecule has 1 aliphatic carbocycles. The SMILES string of the molecule is O=C(NCCc1nnc2n1CCN(Cc1ccc(OC(F)(F)F)cc1)CC2)C1CCCCC1. The van der Waals surface area contributed by atoms with E-state index < -0.39 is 6.36 Å². The molecule has 2 heterocycles. The fourth-order valence-corrected chi connectivity index (χ4v) is 4.63. The van der Waals surface area contributed by atoms with Crippen LogP contribution in [0, 0.1) is 5.92 Å². The van der Waals surface area contributed by atoms with Gasteiger partial charge in [-0.05, 0) is 30.5 Å². The molecule has 1 fully saturated rings. The molecule has 33 heavy (non-hydrogen) atoms. The molecule has 1 amide bonds. The van der Waals surface area contributed by atoms with Gasteiger partial charge in [0.05, 0.1) is 0 Å². The second-order valence-corrected chi connectivity index (χ2v) is 8.78. The third-order valence-electron chi connectivity index (χ3n) is 6.38. The van der Waals surface area contributed by atoms with Crippen LogP contribution in [0.4, 0.5) is 13.2 Å². The Hall–Kier alpha value is -2.62. The topological polar surface area (TPSA) is 72.3 Å². The maximum absolute atomic E-state index is 12.4. The van der Waals surface area contributed by atoms with Gasteiger partial charge < -0.3 is 14.6 Å². The van der Waals surface area contributed by atoms with Gasteiger partial charge >= 0.3 is 6.36 Å². The van der Waals surface area contributed by atoms with Crippen LogP contribution in [0.25, 0.3) is 0 Å². The Morgan fingerprint density at radius 2 is 1.82 bits per heavy atom. The van der Waals surface area contributed by atoms with Gasteiger partial charge in [-0.1, -0.05) is 31.4 Å². The summed E-state index contributed by atoms with van der Waals surface area (Å²) in [5.41, 5.74) is 0.924. The first-order valence-electron chi connectivity index (χ1n) is 11.6. The number of carbonyl (C=O) groups excluding carboxylic acids is 1. The predicted octanol–water partition coefficient (Wildman–Crippen LogP) is 3.47. The summed E-state index contributed by atoms with van der Waals surface area (Å²) < 4.78 is 43.1. The Kier molecular flexibility index (Phi) is 7.52. The molecular formula is C23H30F3N5O2. The third-order valence-corrected chi connectivity index (χ3v) is 6.38. The number of ether oxygens (including phenoxy) is 1. The molecule has 180 valence electrons. The molecule has 0 radical (unpaired) electrons. The van der Waals surface area contributed by atoms with Crippen molar-refractivity contribution in [3.63, 3.8) is 0 Å². The largest absolute Gasteiger partial charge is 0.573 e. The number of alkyl halides is 3. The van der Waals surface area contributed by atoms with E-state index in [2.05, 4.69) is 29.7 Å². The molecule has 10 heteroatoms. The smallest absolute Gasteiger partial charge is 0.406 e. The van der Waals surface area contributed by atoms with Gasteiger partial charge in [0.25, 0.3) is 0 Å². The highest BCUT2D eigenvalue weighted by Crippen LogP contribution is 2.24. The summed E-state index contributed by atoms with van der Waals surface area (Å²) in [6, 6.07) is 6.00. The molecule has 7 nitrogen and oxygen atoms in total. The van der Waals surface area contributed by atoms with Gasteiger partial charge in [-0.25, -0.2) is 0 Å². The number of hydrogen-bond donors (Lipinski definition) is 1. The van der Waals surface area contributed by atoms with Crippen molar-refractivity contribution in [2.24, 2.45) is 5.92 Å². The van der Waals surface area contributed by atoms with Crippen LogP contribution < -0.4 is 10.1 Å². The van der Waals surface area contributed by atoms with E-state index in [-0.39, 0.29) is 17.6 Å². The van der Waals surface area contributed by atoms with Crippen molar-refractivity contribution in [1.29, 1.82) is 0 Å². The summed E-state index contributed by atoms with van der Waals surface area (Å²) in [7, 11) is 0. The highest BCUT2D eigenvalue weighted by atomic mass is 19.4. The van der Waals surface area contributed by atoms with Crippen LogP contribution in [0.3, 0.4) is 0 Å². The summed E-state index contributed by atoms with van der Waals surface area (Å²) in [5.74, 6) is 1.90. The molecule has 0 spiro atoms. The molecule has 1 aromatic heterocycles. The number of nitrogens with one attached hydrogen (secondary N) is 1. The minimum Gasteiger partial charge on any atom is -0.406 e. The van der Waals surface area contributed by atoms with Crippen LogP contribution >= 0.6 is 0 Å². The average molecular weight is 466 g/mol. The molecule has 2 aliphatic rings. The van der Waals surface area contributed by atoms with E-state index in [0.29, 0.717) is 19.5 Å². The van der Waals surface area contributed by atoms with E-state index in [1.807, 2.05) is 0 Å². The number of aromatic nitrogens is 3. The highest BCUT2D eigenvalue weighted by molar-refractivity contribution is 5.78. The fraction of sp³-hybridized carbons (Fsp3) is 0.609. The molecule has 0 saturated heterocycles. The summed E-state index contributed by atoms with van der Waals surface area (Å²) in [6.07, 6.45) is 2.18. The van der Waals surface area contributed by atoms with Crippen molar-refractivity contribution in [2.75, 3.05) is 19.6 Å². The van der Waals surface area contributed by atoms with Crippen LogP contribution in [0.2, 0.25) is 0 Å². The van der Waals surface area contributed by atoms with Crippen LogP contribution in [0.5, 0.6) is 5.75 Å². The second kappa shape index (κ2) is 10.5. The molecule has 1 aromatic carbocycles. The first-order chi connectivity index (χ1) is 15.9. The van der Waals surface area contributed by atoms with Gasteiger partial charge in [-0.15, -0.1) is 23.4 Å². The molecule has 0 atom stereocenters. The lowest BCUT2D eigenvalue weighted by atomic mass is 9.89. The molecule has 4 rings (SSSR count). The Bertz CT molecular complexity index is 923. The van der Waals surface area contributed by atoms with Crippen molar-refractivity contribution < 1.29 is 22.7 Å². The molecule has 1 aliphatic heterocycles. The number of amides is 1. The fourth-order valence-electron chi connectivity index (χ4n) is 4.63. The molecule has 1 saturated carbocycles. The first kappa shape index (κ1) is 23.5. The number of nitrogens with zero attached hydrogens (tertiary/aromatic N) is 4. The monoisotopic (exact) mass is 465 g/mol. The van der Waals surface area contributed by atoms with E-state index in [0.717, 1.165) is 69.0 Å². The van der Waals surface area contributed by atoms with Crippen LogP contribution in [0.15, 0.2) is 24.3 Å². The summed E-state index contributed by atoms with van der Waals surface area (Å²) in [5, 5.41) is 11.7. The summed E-state index contributed by atoms with van der Waals surface area (Å²) >= 11 is 0. The third kappa shape index (κ3) is 6.69. The van der Waals surface area contributed by atoms with Gasteiger partial charge in [0.15, 0.2) is 0 Å². The van der Waals surface area contributed by atoms with Gasteiger partial charge in [0.1, 0.15) is 17.4 Å². The van der Waals surface area contributed by atoms with E-state index in [9.17, 15) is 18.0 Å². The molecule has 0 unspecified atom stereocenters. The number of fused-ring (bicyclic) bond motifs is 1. The van der Waals surface area contributed by atoms with Crippen LogP contribution in [0.1, 0.15) is 49.3 Å². The maximum atomic E-state index is 12.4. The van der Waals surface area contributed by atoms with E-state index >= 15 is 0 Å². The van der Waals surface area contributed by atoms with E-state index in [1.54, 1.807) is 12.1 Å². The Morgan fingerprint density at radius 1 is 1.06 bits per heavy atom. The lowest BCUT2D eigenvalue weighted by Gasteiger charge is -2.21. The van der Waals surface area contributed by atoms with Gasteiger partial charge in [-0.2, -0.15) is 0 Å². The van der Waals surface area contributed by atoms with Crippen LogP contribution in [-0.2, 0) is 30.7 Å². The zero-order valence-electron chi connectivity index (χ0n) is 18.6. The molecule has 0 bridgehead atoms. The molecule has 1 N–H and O–H groups in total. The lowest BCUT2D eigenvalue weighted by Crippen LogP contribution is -2.33. The van der Waals surface area contributed by atoms with Crippen molar-refractivity contribution in [3.05, 3.63) is 41.5 Å². The zero-order valence-corrected chi connectivity index (χ0v) is 18.6. The minimum atomic E-state index is -4.68. The number of rotatable bonds is 7. The van der Waals surface area contributed by atoms with Crippen LogP contribution in [-0.4, -0.2) is 51.6 Å². The van der Waals surface area contributed by atoms with Gasteiger partial charge in [0, 0.05) is 51.5 Å². The number of halogens is 3. The summed E-state index contributed by atoms with van der Waals surface area (Å²) in [4.78, 5) is 14.6. The first-order valence-corrected chi connectivity index (χ1v) is 11.6. The predicted molar refractivity (Wildman–Crippen MR) is 115 cm³/mol. The van der Waals surface area contributed by atoms with E-state index in [4.69, 9.17) is 0 Å². The van der Waals surface area contributed by atoms with Gasteiger partial charge in [0.2, 0.25) is 5.91 Å². The number of hydrogen-bond acceptors (Lipinski definition) is 5. The Morgan fingerprint density at radius 3 is 2.55 bits per heavy atom. The van der Waals surface area contributed by atoms with Crippen molar-refractivity contribution in [1.82, 2.24) is 25.0 Å². The Labute approximate surface area is 191 Å². The standard InChI is InChI=1S/C23H30F3N5O2/c24-23(25,26)33-19-8-6-17(7-9-19)16-30-13-11-21-29-28-20(31(21)15-14-30)10-12-27-22(32)18-4-2-1-3-5-18/h6-9,18H,1-5,10-16H2,(H,27,32). The molecular weight excluding hydrogens is 435 g/mol. The summed E-state index contributed by atoms with van der Waals surface area (Å²) in [6.45, 7) is 3.51. The quantitative estimate of drug-likeness (QED) is 0.678. The van der Waals surface area contributed by atoms with Gasteiger partial charge in [-0.3, -0.25) is 9.69 Å². The van der Waals surface area contributed by atoms with Crippen molar-refractivity contribution in [3.8, 4) is 5.75 Å². The normalized spacial score (nSPS) is 17.9.